The number of thioether (sulfide) groups is 1. The Morgan fingerprint density at radius 2 is 1.91 bits per heavy atom. The monoisotopic (exact) mass is 468 g/mol. The molecule has 0 radical (unpaired) electrons. The number of fused-ring (bicyclic) bond motifs is 1. The van der Waals surface area contributed by atoms with Crippen LogP contribution in [-0.2, 0) is 5.75 Å². The number of carbonyl (C=O) groups excluding carboxylic acids is 1. The number of benzene rings is 2. The summed E-state index contributed by atoms with van der Waals surface area (Å²) in [5.41, 5.74) is 2.60. The molecule has 32 heavy (non-hydrogen) atoms. The number of aromatic nitrogens is 1. The molecule has 4 rings (SSSR count). The van der Waals surface area contributed by atoms with E-state index in [4.69, 9.17) is 13.9 Å². The largest absolute Gasteiger partial charge is 0.493 e. The molecular weight excluding hydrogens is 444 g/mol. The minimum Gasteiger partial charge on any atom is -0.493 e. The molecule has 8 heteroatoms. The lowest BCUT2D eigenvalue weighted by Gasteiger charge is -2.17. The molecule has 1 amide bonds. The van der Waals surface area contributed by atoms with Gasteiger partial charge < -0.3 is 18.8 Å². The summed E-state index contributed by atoms with van der Waals surface area (Å²) in [5, 5.41) is 2.98. The van der Waals surface area contributed by atoms with Gasteiger partial charge in [0.25, 0.3) is 5.91 Å². The van der Waals surface area contributed by atoms with Crippen molar-refractivity contribution in [3.63, 3.8) is 0 Å². The summed E-state index contributed by atoms with van der Waals surface area (Å²) in [6, 6.07) is 15.2. The SMILES string of the molecule is COc1ccccc1OCCN(C)C(=O)c1oc2ccccc2c1CSc1nc(C)cs1. The number of methoxy groups -OCH3 is 1. The minimum atomic E-state index is -0.171. The average Bonchev–Trinajstić information content (AvgIpc) is 3.40. The van der Waals surface area contributed by atoms with Crippen LogP contribution in [0.5, 0.6) is 11.5 Å². The van der Waals surface area contributed by atoms with Crippen LogP contribution in [-0.4, -0.2) is 43.1 Å². The summed E-state index contributed by atoms with van der Waals surface area (Å²) in [4.78, 5) is 19.4. The Labute approximate surface area is 195 Å². The smallest absolute Gasteiger partial charge is 0.289 e. The summed E-state index contributed by atoms with van der Waals surface area (Å²) in [6.07, 6.45) is 0. The maximum Gasteiger partial charge on any atom is 0.289 e. The molecule has 0 aliphatic heterocycles. The number of hydrogen-bond donors (Lipinski definition) is 0. The molecule has 0 bridgehead atoms. The van der Waals surface area contributed by atoms with Gasteiger partial charge in [-0.3, -0.25) is 4.79 Å². The summed E-state index contributed by atoms with van der Waals surface area (Å²) < 4.78 is 18.1. The van der Waals surface area contributed by atoms with Gasteiger partial charge in [-0.2, -0.15) is 0 Å². The number of para-hydroxylation sites is 3. The third kappa shape index (κ3) is 4.92. The number of furan rings is 1. The van der Waals surface area contributed by atoms with Gasteiger partial charge in [-0.25, -0.2) is 4.98 Å². The number of thiazole rings is 1. The van der Waals surface area contributed by atoms with Crippen molar-refractivity contribution in [3.05, 3.63) is 70.9 Å². The standard InChI is InChI=1S/C24H24N2O4S2/c1-16-14-31-24(25-16)32-15-18-17-8-4-5-9-19(17)30-22(18)23(27)26(2)12-13-29-21-11-7-6-10-20(21)28-3/h4-11,14H,12-13,15H2,1-3H3. The Morgan fingerprint density at radius 1 is 1.16 bits per heavy atom. The van der Waals surface area contributed by atoms with E-state index < -0.39 is 0 Å². The first kappa shape index (κ1) is 22.2. The second kappa shape index (κ2) is 10.1. The van der Waals surface area contributed by atoms with E-state index in [0.29, 0.717) is 41.7 Å². The fraction of sp³-hybridized carbons (Fsp3) is 0.250. The first-order valence-electron chi connectivity index (χ1n) is 10.1. The van der Waals surface area contributed by atoms with E-state index in [1.807, 2.05) is 60.8 Å². The second-order valence-electron chi connectivity index (χ2n) is 7.18. The van der Waals surface area contributed by atoms with E-state index in [1.54, 1.807) is 42.2 Å². The number of rotatable bonds is 9. The zero-order valence-electron chi connectivity index (χ0n) is 18.2. The first-order valence-corrected chi connectivity index (χ1v) is 12.0. The molecule has 0 fully saturated rings. The van der Waals surface area contributed by atoms with E-state index >= 15 is 0 Å². The Kier molecular flexibility index (Phi) is 7.02. The van der Waals surface area contributed by atoms with Crippen LogP contribution in [0.25, 0.3) is 11.0 Å². The zero-order chi connectivity index (χ0) is 22.5. The van der Waals surface area contributed by atoms with Gasteiger partial charge in [-0.05, 0) is 25.1 Å². The number of aryl methyl sites for hydroxylation is 1. The normalized spacial score (nSPS) is 11.0. The van der Waals surface area contributed by atoms with Gasteiger partial charge in [0.15, 0.2) is 17.3 Å². The van der Waals surface area contributed by atoms with E-state index in [-0.39, 0.29) is 5.91 Å². The van der Waals surface area contributed by atoms with Crippen LogP contribution in [0.4, 0.5) is 0 Å². The molecule has 4 aromatic rings. The molecule has 2 aromatic carbocycles. The number of carbonyl (C=O) groups is 1. The van der Waals surface area contributed by atoms with Crippen molar-refractivity contribution in [2.45, 2.75) is 17.0 Å². The summed E-state index contributed by atoms with van der Waals surface area (Å²) >= 11 is 3.22. The predicted octanol–water partition coefficient (Wildman–Crippen LogP) is 5.65. The van der Waals surface area contributed by atoms with Gasteiger partial charge in [0, 0.05) is 34.8 Å². The van der Waals surface area contributed by atoms with E-state index in [0.717, 1.165) is 21.0 Å². The lowest BCUT2D eigenvalue weighted by Crippen LogP contribution is -2.31. The van der Waals surface area contributed by atoms with Crippen molar-refractivity contribution in [2.75, 3.05) is 27.3 Å². The van der Waals surface area contributed by atoms with Crippen LogP contribution in [0, 0.1) is 6.92 Å². The van der Waals surface area contributed by atoms with Gasteiger partial charge in [-0.15, -0.1) is 11.3 Å². The molecule has 2 heterocycles. The maximum absolute atomic E-state index is 13.2. The third-order valence-electron chi connectivity index (χ3n) is 4.93. The van der Waals surface area contributed by atoms with Gasteiger partial charge >= 0.3 is 0 Å². The fourth-order valence-electron chi connectivity index (χ4n) is 3.25. The quantitative estimate of drug-likeness (QED) is 0.296. The van der Waals surface area contributed by atoms with Crippen molar-refractivity contribution >= 4 is 40.0 Å². The van der Waals surface area contributed by atoms with Gasteiger partial charge in [0.2, 0.25) is 0 Å². The number of likely N-dealkylation sites (N-methyl/N-ethyl adjacent to an activating group) is 1. The van der Waals surface area contributed by atoms with E-state index in [2.05, 4.69) is 4.98 Å². The third-order valence-corrected chi connectivity index (χ3v) is 7.10. The van der Waals surface area contributed by atoms with Crippen molar-refractivity contribution in [1.82, 2.24) is 9.88 Å². The highest BCUT2D eigenvalue weighted by molar-refractivity contribution is 8.00. The summed E-state index contributed by atoms with van der Waals surface area (Å²) in [7, 11) is 3.36. The molecular formula is C24H24N2O4S2. The molecule has 0 saturated heterocycles. The number of amides is 1. The predicted molar refractivity (Wildman–Crippen MR) is 128 cm³/mol. The zero-order valence-corrected chi connectivity index (χ0v) is 19.8. The molecule has 0 aliphatic rings. The summed E-state index contributed by atoms with van der Waals surface area (Å²) in [6.45, 7) is 2.72. The highest BCUT2D eigenvalue weighted by atomic mass is 32.2. The fourth-order valence-corrected chi connectivity index (χ4v) is 5.13. The van der Waals surface area contributed by atoms with Crippen molar-refractivity contribution in [3.8, 4) is 11.5 Å². The number of ether oxygens (including phenoxy) is 2. The highest BCUT2D eigenvalue weighted by Gasteiger charge is 2.23. The Morgan fingerprint density at radius 3 is 2.66 bits per heavy atom. The van der Waals surface area contributed by atoms with E-state index in [1.165, 1.54) is 0 Å². The Hall–Kier alpha value is -2.97. The maximum atomic E-state index is 13.2. The van der Waals surface area contributed by atoms with Crippen LogP contribution in [0.3, 0.4) is 0 Å². The molecule has 6 nitrogen and oxygen atoms in total. The van der Waals surface area contributed by atoms with Crippen molar-refractivity contribution < 1.29 is 18.7 Å². The minimum absolute atomic E-state index is 0.171. The van der Waals surface area contributed by atoms with Crippen LogP contribution < -0.4 is 9.47 Å². The molecule has 0 atom stereocenters. The number of hydrogen-bond acceptors (Lipinski definition) is 7. The average molecular weight is 469 g/mol. The van der Waals surface area contributed by atoms with E-state index in [9.17, 15) is 4.79 Å². The summed E-state index contributed by atoms with van der Waals surface area (Å²) in [5.74, 6) is 2.12. The Balaban J connectivity index is 1.48. The molecule has 0 aliphatic carbocycles. The van der Waals surface area contributed by atoms with Gasteiger partial charge in [-0.1, -0.05) is 42.1 Å². The molecule has 0 spiro atoms. The molecule has 166 valence electrons. The van der Waals surface area contributed by atoms with Crippen LogP contribution in [0.2, 0.25) is 0 Å². The second-order valence-corrected chi connectivity index (χ2v) is 9.26. The van der Waals surface area contributed by atoms with Crippen molar-refractivity contribution in [2.24, 2.45) is 0 Å². The van der Waals surface area contributed by atoms with Crippen LogP contribution in [0.15, 0.2) is 62.7 Å². The van der Waals surface area contributed by atoms with Gasteiger partial charge in [0.05, 0.1) is 13.7 Å². The first-order chi connectivity index (χ1) is 15.6. The van der Waals surface area contributed by atoms with Gasteiger partial charge in [0.1, 0.15) is 16.5 Å². The lowest BCUT2D eigenvalue weighted by atomic mass is 10.1. The lowest BCUT2D eigenvalue weighted by molar-refractivity contribution is 0.0743. The topological polar surface area (TPSA) is 64.8 Å². The van der Waals surface area contributed by atoms with Crippen molar-refractivity contribution in [1.29, 1.82) is 0 Å². The molecule has 0 unspecified atom stereocenters. The highest BCUT2D eigenvalue weighted by Crippen LogP contribution is 2.33. The van der Waals surface area contributed by atoms with Crippen LogP contribution in [0.1, 0.15) is 21.8 Å². The Bertz CT molecular complexity index is 1220. The molecule has 0 saturated carbocycles. The van der Waals surface area contributed by atoms with Crippen LogP contribution >= 0.6 is 23.1 Å². The molecule has 0 N–H and O–H groups in total. The molecule has 2 aromatic heterocycles. The number of nitrogens with zero attached hydrogens (tertiary/aromatic N) is 2.